The average molecular weight is 342 g/mol. The van der Waals surface area contributed by atoms with E-state index in [1.807, 2.05) is 24.1 Å². The number of fused-ring (bicyclic) bond motifs is 1. The van der Waals surface area contributed by atoms with E-state index in [9.17, 15) is 4.79 Å². The van der Waals surface area contributed by atoms with Crippen molar-refractivity contribution in [2.45, 2.75) is 64.1 Å². The molecule has 0 aromatic heterocycles. The second-order valence-electron chi connectivity index (χ2n) is 7.10. The molecule has 3 rings (SSSR count). The molecule has 1 amide bonds. The first kappa shape index (κ1) is 17.8. The number of carbonyl (C=O) groups excluding carboxylic acids is 1. The molecule has 2 aliphatic rings. The molecule has 5 heteroatoms. The fourth-order valence-corrected chi connectivity index (χ4v) is 3.75. The standard InChI is InChI=1S/C20H30N4O/c1-21-20(23-18-10-3-2-4-11-18)22-13-7-12-19(25)24-14-16-8-5-6-9-17(16)15-24/h5-6,8-9,18H,2-4,7,10-15H2,1H3,(H2,21,22,23). The number of hydrogen-bond acceptors (Lipinski definition) is 2. The van der Waals surface area contributed by atoms with E-state index in [2.05, 4.69) is 27.8 Å². The fraction of sp³-hybridized carbons (Fsp3) is 0.600. The molecule has 2 N–H and O–H groups in total. The Hall–Kier alpha value is -2.04. The van der Waals surface area contributed by atoms with Gasteiger partial charge >= 0.3 is 0 Å². The van der Waals surface area contributed by atoms with Crippen molar-refractivity contribution in [3.05, 3.63) is 35.4 Å². The zero-order chi connectivity index (χ0) is 17.5. The van der Waals surface area contributed by atoms with Gasteiger partial charge in [-0.15, -0.1) is 0 Å². The van der Waals surface area contributed by atoms with Crippen LogP contribution in [0.2, 0.25) is 0 Å². The topological polar surface area (TPSA) is 56.7 Å². The molecule has 0 saturated heterocycles. The molecule has 1 saturated carbocycles. The highest BCUT2D eigenvalue weighted by Gasteiger charge is 2.22. The van der Waals surface area contributed by atoms with Gasteiger partial charge in [-0.05, 0) is 30.4 Å². The van der Waals surface area contributed by atoms with Gasteiger partial charge in [0.05, 0.1) is 0 Å². The Morgan fingerprint density at radius 2 is 1.84 bits per heavy atom. The normalized spacial score (nSPS) is 18.1. The van der Waals surface area contributed by atoms with Crippen LogP contribution in [0.4, 0.5) is 0 Å². The van der Waals surface area contributed by atoms with Crippen LogP contribution in [0, 0.1) is 0 Å². The van der Waals surface area contributed by atoms with Crippen LogP contribution < -0.4 is 10.6 Å². The monoisotopic (exact) mass is 342 g/mol. The Morgan fingerprint density at radius 3 is 2.48 bits per heavy atom. The summed E-state index contributed by atoms with van der Waals surface area (Å²) in [5, 5.41) is 6.85. The SMILES string of the molecule is CN=C(NCCCC(=O)N1Cc2ccccc2C1)NC1CCCCC1. The van der Waals surface area contributed by atoms with Crippen LogP contribution in [0.5, 0.6) is 0 Å². The van der Waals surface area contributed by atoms with E-state index in [-0.39, 0.29) is 5.91 Å². The van der Waals surface area contributed by atoms with Gasteiger partial charge in [0, 0.05) is 39.1 Å². The van der Waals surface area contributed by atoms with Gasteiger partial charge < -0.3 is 15.5 Å². The maximum absolute atomic E-state index is 12.4. The summed E-state index contributed by atoms with van der Waals surface area (Å²) in [6.45, 7) is 2.29. The zero-order valence-electron chi connectivity index (χ0n) is 15.3. The summed E-state index contributed by atoms with van der Waals surface area (Å²) in [5.74, 6) is 1.11. The first-order valence-electron chi connectivity index (χ1n) is 9.58. The van der Waals surface area contributed by atoms with E-state index in [1.165, 1.54) is 43.2 Å². The zero-order valence-corrected chi connectivity index (χ0v) is 15.3. The van der Waals surface area contributed by atoms with E-state index >= 15 is 0 Å². The lowest BCUT2D eigenvalue weighted by Crippen LogP contribution is -2.44. The third-order valence-electron chi connectivity index (χ3n) is 5.22. The molecule has 5 nitrogen and oxygen atoms in total. The summed E-state index contributed by atoms with van der Waals surface area (Å²) in [7, 11) is 1.81. The minimum Gasteiger partial charge on any atom is -0.356 e. The number of benzene rings is 1. The third kappa shape index (κ3) is 4.97. The summed E-state index contributed by atoms with van der Waals surface area (Å²) in [6.07, 6.45) is 7.84. The van der Waals surface area contributed by atoms with Gasteiger partial charge in [0.2, 0.25) is 5.91 Å². The quantitative estimate of drug-likeness (QED) is 0.491. The molecule has 1 fully saturated rings. The summed E-state index contributed by atoms with van der Waals surface area (Å²) in [4.78, 5) is 18.7. The van der Waals surface area contributed by atoms with E-state index < -0.39 is 0 Å². The smallest absolute Gasteiger partial charge is 0.223 e. The van der Waals surface area contributed by atoms with E-state index in [0.717, 1.165) is 32.0 Å². The van der Waals surface area contributed by atoms with Crippen LogP contribution in [0.3, 0.4) is 0 Å². The number of nitrogens with zero attached hydrogens (tertiary/aromatic N) is 2. The number of rotatable bonds is 5. The molecule has 0 bridgehead atoms. The molecule has 0 radical (unpaired) electrons. The Bertz CT molecular complexity index is 582. The maximum Gasteiger partial charge on any atom is 0.223 e. The van der Waals surface area contributed by atoms with Crippen molar-refractivity contribution in [1.82, 2.24) is 15.5 Å². The van der Waals surface area contributed by atoms with Gasteiger partial charge in [-0.1, -0.05) is 43.5 Å². The molecule has 1 heterocycles. The number of nitrogens with one attached hydrogen (secondary N) is 2. The number of guanidine groups is 1. The third-order valence-corrected chi connectivity index (χ3v) is 5.22. The van der Waals surface area contributed by atoms with Crippen molar-refractivity contribution in [2.75, 3.05) is 13.6 Å². The fourth-order valence-electron chi connectivity index (χ4n) is 3.75. The second-order valence-corrected chi connectivity index (χ2v) is 7.10. The van der Waals surface area contributed by atoms with Crippen LogP contribution in [0.25, 0.3) is 0 Å². The minimum absolute atomic E-state index is 0.244. The van der Waals surface area contributed by atoms with Crippen LogP contribution in [-0.2, 0) is 17.9 Å². The molecule has 136 valence electrons. The van der Waals surface area contributed by atoms with Crippen LogP contribution in [0.1, 0.15) is 56.1 Å². The molecule has 1 aromatic rings. The van der Waals surface area contributed by atoms with Crippen LogP contribution >= 0.6 is 0 Å². The summed E-state index contributed by atoms with van der Waals surface area (Å²) < 4.78 is 0. The first-order valence-corrected chi connectivity index (χ1v) is 9.58. The van der Waals surface area contributed by atoms with Crippen LogP contribution in [0.15, 0.2) is 29.3 Å². The number of aliphatic imine (C=N–C) groups is 1. The Labute approximate surface area is 150 Å². The first-order chi connectivity index (χ1) is 12.3. The molecule has 0 atom stereocenters. The van der Waals surface area contributed by atoms with Gasteiger partial charge in [-0.3, -0.25) is 9.79 Å². The Kier molecular flexibility index (Phi) is 6.31. The van der Waals surface area contributed by atoms with E-state index in [1.54, 1.807) is 0 Å². The Morgan fingerprint density at radius 1 is 1.16 bits per heavy atom. The molecule has 0 spiro atoms. The van der Waals surface area contributed by atoms with Crippen molar-refractivity contribution < 1.29 is 4.79 Å². The van der Waals surface area contributed by atoms with Crippen LogP contribution in [-0.4, -0.2) is 36.4 Å². The second kappa shape index (κ2) is 8.88. The van der Waals surface area contributed by atoms with Gasteiger partial charge in [0.1, 0.15) is 0 Å². The van der Waals surface area contributed by atoms with Gasteiger partial charge in [-0.2, -0.15) is 0 Å². The molecule has 1 aliphatic heterocycles. The largest absolute Gasteiger partial charge is 0.356 e. The van der Waals surface area contributed by atoms with Crippen molar-refractivity contribution in [2.24, 2.45) is 4.99 Å². The molecule has 1 aliphatic carbocycles. The molecular formula is C20H30N4O. The lowest BCUT2D eigenvalue weighted by Gasteiger charge is -2.25. The number of carbonyl (C=O) groups is 1. The molecule has 25 heavy (non-hydrogen) atoms. The van der Waals surface area contributed by atoms with Crippen molar-refractivity contribution in [1.29, 1.82) is 0 Å². The highest BCUT2D eigenvalue weighted by atomic mass is 16.2. The van der Waals surface area contributed by atoms with Gasteiger partial charge in [-0.25, -0.2) is 0 Å². The maximum atomic E-state index is 12.4. The predicted molar refractivity (Wildman–Crippen MR) is 101 cm³/mol. The predicted octanol–water partition coefficient (Wildman–Crippen LogP) is 2.81. The van der Waals surface area contributed by atoms with Crippen molar-refractivity contribution >= 4 is 11.9 Å². The van der Waals surface area contributed by atoms with Gasteiger partial charge in [0.15, 0.2) is 5.96 Å². The summed E-state index contributed by atoms with van der Waals surface area (Å²) in [5.41, 5.74) is 2.57. The highest BCUT2D eigenvalue weighted by molar-refractivity contribution is 5.80. The highest BCUT2D eigenvalue weighted by Crippen LogP contribution is 2.22. The average Bonchev–Trinajstić information content (AvgIpc) is 3.09. The van der Waals surface area contributed by atoms with E-state index in [4.69, 9.17) is 0 Å². The molecular weight excluding hydrogens is 312 g/mol. The van der Waals surface area contributed by atoms with Gasteiger partial charge in [0.25, 0.3) is 0 Å². The number of hydrogen-bond donors (Lipinski definition) is 2. The summed E-state index contributed by atoms with van der Waals surface area (Å²) in [6, 6.07) is 8.86. The number of amides is 1. The minimum atomic E-state index is 0.244. The van der Waals surface area contributed by atoms with Crippen molar-refractivity contribution in [3.8, 4) is 0 Å². The lowest BCUT2D eigenvalue weighted by atomic mass is 9.96. The molecule has 1 aromatic carbocycles. The van der Waals surface area contributed by atoms with Crippen molar-refractivity contribution in [3.63, 3.8) is 0 Å². The van der Waals surface area contributed by atoms with E-state index in [0.29, 0.717) is 12.5 Å². The lowest BCUT2D eigenvalue weighted by molar-refractivity contribution is -0.131. The summed E-state index contributed by atoms with van der Waals surface area (Å²) >= 11 is 0. The Balaban J connectivity index is 1.34. The molecule has 0 unspecified atom stereocenters.